The number of nitro groups is 1. The second kappa shape index (κ2) is 6.00. The monoisotopic (exact) mass is 283 g/mol. The van der Waals surface area contributed by atoms with E-state index in [4.69, 9.17) is 5.11 Å². The van der Waals surface area contributed by atoms with Crippen LogP contribution in [-0.2, 0) is 4.79 Å². The van der Waals surface area contributed by atoms with Crippen molar-refractivity contribution in [1.82, 2.24) is 0 Å². The highest BCUT2D eigenvalue weighted by atomic mass is 16.6. The van der Waals surface area contributed by atoms with Gasteiger partial charge >= 0.3 is 5.97 Å². The highest BCUT2D eigenvalue weighted by Crippen LogP contribution is 2.26. The molecule has 0 aliphatic carbocycles. The molecule has 0 bridgehead atoms. The number of hydrogen-bond acceptors (Lipinski definition) is 3. The molecule has 0 unspecified atom stereocenters. The first-order valence-corrected chi connectivity index (χ1v) is 6.24. The summed E-state index contributed by atoms with van der Waals surface area (Å²) >= 11 is 0. The van der Waals surface area contributed by atoms with E-state index in [9.17, 15) is 14.9 Å². The third kappa shape index (κ3) is 3.54. The fourth-order valence-electron chi connectivity index (χ4n) is 2.01. The van der Waals surface area contributed by atoms with Crippen LogP contribution < -0.4 is 0 Å². The van der Waals surface area contributed by atoms with Gasteiger partial charge in [-0.25, -0.2) is 4.79 Å². The van der Waals surface area contributed by atoms with E-state index in [1.54, 1.807) is 31.2 Å². The minimum absolute atomic E-state index is 0.0238. The maximum atomic E-state index is 10.8. The Hall–Kier alpha value is -2.95. The zero-order chi connectivity index (χ0) is 15.4. The summed E-state index contributed by atoms with van der Waals surface area (Å²) < 4.78 is 0. The van der Waals surface area contributed by atoms with E-state index in [1.165, 1.54) is 12.1 Å². The van der Waals surface area contributed by atoms with Gasteiger partial charge in [0.25, 0.3) is 5.69 Å². The molecule has 0 radical (unpaired) electrons. The molecular formula is C16H13NO4. The summed E-state index contributed by atoms with van der Waals surface area (Å²) in [6, 6.07) is 13.6. The zero-order valence-electron chi connectivity index (χ0n) is 11.3. The molecule has 106 valence electrons. The van der Waals surface area contributed by atoms with Gasteiger partial charge in [0, 0.05) is 18.2 Å². The predicted molar refractivity (Wildman–Crippen MR) is 79.8 cm³/mol. The minimum atomic E-state index is -1.01. The Morgan fingerprint density at radius 1 is 1.14 bits per heavy atom. The number of allylic oxidation sites excluding steroid dienone is 1. The van der Waals surface area contributed by atoms with Crippen LogP contribution in [0.5, 0.6) is 0 Å². The average Bonchev–Trinajstić information content (AvgIpc) is 2.47. The molecule has 0 saturated carbocycles. The highest BCUT2D eigenvalue weighted by Gasteiger charge is 2.08. The van der Waals surface area contributed by atoms with Crippen LogP contribution in [0.25, 0.3) is 16.7 Å². The van der Waals surface area contributed by atoms with Crippen LogP contribution in [0, 0.1) is 10.1 Å². The molecule has 0 aliphatic rings. The van der Waals surface area contributed by atoms with Crippen molar-refractivity contribution in [3.05, 3.63) is 70.3 Å². The Morgan fingerprint density at radius 2 is 1.76 bits per heavy atom. The van der Waals surface area contributed by atoms with Crippen LogP contribution in [0.1, 0.15) is 12.5 Å². The molecular weight excluding hydrogens is 270 g/mol. The molecule has 21 heavy (non-hydrogen) atoms. The average molecular weight is 283 g/mol. The van der Waals surface area contributed by atoms with E-state index >= 15 is 0 Å². The van der Waals surface area contributed by atoms with Crippen LogP contribution >= 0.6 is 0 Å². The molecule has 5 nitrogen and oxygen atoms in total. The predicted octanol–water partition coefficient (Wildman–Crippen LogP) is 3.75. The lowest BCUT2D eigenvalue weighted by Gasteiger charge is -2.06. The van der Waals surface area contributed by atoms with Gasteiger partial charge in [0.2, 0.25) is 0 Å². The van der Waals surface area contributed by atoms with E-state index in [-0.39, 0.29) is 5.69 Å². The number of aliphatic carboxylic acids is 1. The molecule has 0 heterocycles. The number of hydrogen-bond donors (Lipinski definition) is 1. The summed E-state index contributed by atoms with van der Waals surface area (Å²) in [6.07, 6.45) is 1.13. The molecule has 0 fully saturated rings. The molecule has 2 aromatic rings. The number of carboxylic acids is 1. The molecule has 2 rings (SSSR count). The Morgan fingerprint density at radius 3 is 2.38 bits per heavy atom. The fourth-order valence-corrected chi connectivity index (χ4v) is 2.01. The Labute approximate surface area is 121 Å². The van der Waals surface area contributed by atoms with Gasteiger partial charge < -0.3 is 5.11 Å². The van der Waals surface area contributed by atoms with Crippen molar-refractivity contribution in [1.29, 1.82) is 0 Å². The summed E-state index contributed by atoms with van der Waals surface area (Å²) in [6.45, 7) is 1.71. The molecule has 5 heteroatoms. The molecule has 0 spiro atoms. The molecule has 0 aliphatic heterocycles. The number of nitro benzene ring substituents is 1. The van der Waals surface area contributed by atoms with Gasteiger partial charge in [-0.2, -0.15) is 0 Å². The zero-order valence-corrected chi connectivity index (χ0v) is 11.3. The number of non-ortho nitro benzene ring substituents is 1. The Bertz CT molecular complexity index is 735. The van der Waals surface area contributed by atoms with Gasteiger partial charge in [-0.3, -0.25) is 10.1 Å². The summed E-state index contributed by atoms with van der Waals surface area (Å²) in [5.41, 5.74) is 2.93. The Kier molecular flexibility index (Phi) is 4.13. The van der Waals surface area contributed by atoms with Crippen LogP contribution in [0.2, 0.25) is 0 Å². The number of rotatable bonds is 4. The summed E-state index contributed by atoms with van der Waals surface area (Å²) in [5.74, 6) is -1.01. The largest absolute Gasteiger partial charge is 0.478 e. The van der Waals surface area contributed by atoms with Crippen molar-refractivity contribution in [2.24, 2.45) is 0 Å². The van der Waals surface area contributed by atoms with E-state index in [2.05, 4.69) is 0 Å². The lowest BCUT2D eigenvalue weighted by Crippen LogP contribution is -1.91. The molecule has 2 aromatic carbocycles. The van der Waals surface area contributed by atoms with Crippen molar-refractivity contribution in [3.63, 3.8) is 0 Å². The van der Waals surface area contributed by atoms with Crippen LogP contribution in [0.15, 0.2) is 54.6 Å². The maximum absolute atomic E-state index is 10.8. The lowest BCUT2D eigenvalue weighted by atomic mass is 9.99. The lowest BCUT2D eigenvalue weighted by molar-refractivity contribution is -0.384. The normalized spacial score (nSPS) is 11.2. The van der Waals surface area contributed by atoms with Gasteiger partial charge in [0.1, 0.15) is 0 Å². The van der Waals surface area contributed by atoms with Crippen molar-refractivity contribution in [2.75, 3.05) is 0 Å². The first-order chi connectivity index (χ1) is 9.97. The van der Waals surface area contributed by atoms with E-state index in [0.29, 0.717) is 11.1 Å². The van der Waals surface area contributed by atoms with Gasteiger partial charge in [0.15, 0.2) is 0 Å². The summed E-state index contributed by atoms with van der Waals surface area (Å²) in [7, 11) is 0. The Balaban J connectivity index is 2.44. The van der Waals surface area contributed by atoms with Crippen molar-refractivity contribution in [2.45, 2.75) is 6.92 Å². The molecule has 1 N–H and O–H groups in total. The van der Waals surface area contributed by atoms with Crippen LogP contribution in [0.4, 0.5) is 5.69 Å². The topological polar surface area (TPSA) is 80.4 Å². The SMILES string of the molecule is C/C(=C\C(=O)O)c1cccc(-c2cccc([N+](=O)[O-])c2)c1. The van der Waals surface area contributed by atoms with Gasteiger partial charge in [-0.1, -0.05) is 30.3 Å². The van der Waals surface area contributed by atoms with Crippen LogP contribution in [0.3, 0.4) is 0 Å². The third-order valence-corrected chi connectivity index (χ3v) is 3.05. The second-order valence-corrected chi connectivity index (χ2v) is 4.55. The number of nitrogens with zero attached hydrogens (tertiary/aromatic N) is 1. The maximum Gasteiger partial charge on any atom is 0.328 e. The summed E-state index contributed by atoms with van der Waals surface area (Å²) in [4.78, 5) is 21.1. The standard InChI is InChI=1S/C16H13NO4/c1-11(8-16(18)19)12-4-2-5-13(9-12)14-6-3-7-15(10-14)17(20)21/h2-10H,1H3,(H,18,19)/b11-8+. The van der Waals surface area contributed by atoms with Crippen LogP contribution in [-0.4, -0.2) is 16.0 Å². The first-order valence-electron chi connectivity index (χ1n) is 6.24. The molecule has 0 atom stereocenters. The van der Waals surface area contributed by atoms with Crippen molar-refractivity contribution in [3.8, 4) is 11.1 Å². The third-order valence-electron chi connectivity index (χ3n) is 3.05. The van der Waals surface area contributed by atoms with E-state index < -0.39 is 10.9 Å². The first kappa shape index (κ1) is 14.5. The number of benzene rings is 2. The van der Waals surface area contributed by atoms with E-state index in [1.807, 2.05) is 12.1 Å². The second-order valence-electron chi connectivity index (χ2n) is 4.55. The number of carbonyl (C=O) groups is 1. The van der Waals surface area contributed by atoms with Crippen molar-refractivity contribution >= 4 is 17.2 Å². The quantitative estimate of drug-likeness (QED) is 0.526. The molecule has 0 amide bonds. The van der Waals surface area contributed by atoms with Gasteiger partial charge in [0.05, 0.1) is 4.92 Å². The smallest absolute Gasteiger partial charge is 0.328 e. The summed E-state index contributed by atoms with van der Waals surface area (Å²) in [5, 5.41) is 19.6. The number of carboxylic acid groups (broad SMARTS) is 1. The van der Waals surface area contributed by atoms with E-state index in [0.717, 1.165) is 17.2 Å². The highest BCUT2D eigenvalue weighted by molar-refractivity contribution is 5.90. The van der Waals surface area contributed by atoms with Gasteiger partial charge in [-0.05, 0) is 35.3 Å². The molecule has 0 saturated heterocycles. The van der Waals surface area contributed by atoms with Crippen molar-refractivity contribution < 1.29 is 14.8 Å². The van der Waals surface area contributed by atoms with Gasteiger partial charge in [-0.15, -0.1) is 0 Å². The minimum Gasteiger partial charge on any atom is -0.478 e. The fraction of sp³-hybridized carbons (Fsp3) is 0.0625. The molecule has 0 aromatic heterocycles.